The lowest BCUT2D eigenvalue weighted by Gasteiger charge is -1.93. The molecule has 0 aromatic carbocycles. The molecule has 0 radical (unpaired) electrons. The number of hydrogen-bond acceptors (Lipinski definition) is 5. The fraction of sp³-hybridized carbons (Fsp3) is 0.833. The second kappa shape index (κ2) is 5.10. The average molecular weight is 188 g/mol. The molecule has 0 aliphatic carbocycles. The van der Waals surface area contributed by atoms with Crippen molar-refractivity contribution in [2.75, 3.05) is 12.4 Å². The Hall–Kier alpha value is -0.620. The van der Waals surface area contributed by atoms with Crippen LogP contribution in [0, 0.1) is 0 Å². The van der Waals surface area contributed by atoms with Gasteiger partial charge in [0.15, 0.2) is 5.82 Å². The minimum Gasteiger partial charge on any atom is -0.396 e. The summed E-state index contributed by atoms with van der Waals surface area (Å²) in [7, 11) is 1.74. The van der Waals surface area contributed by atoms with E-state index in [1.54, 1.807) is 18.8 Å². The van der Waals surface area contributed by atoms with Gasteiger partial charge >= 0.3 is 0 Å². The Bertz CT molecular complexity index is 227. The van der Waals surface area contributed by atoms with E-state index in [1.165, 1.54) is 4.80 Å². The minimum atomic E-state index is 0.251. The van der Waals surface area contributed by atoms with Crippen LogP contribution in [0.15, 0.2) is 0 Å². The molecule has 0 bridgehead atoms. The predicted octanol–water partition coefficient (Wildman–Crippen LogP) is -0.174. The number of aliphatic hydroxyl groups is 1. The molecule has 0 atom stereocenters. The normalized spacial score (nSPS) is 10.5. The first-order valence-corrected chi connectivity index (χ1v) is 4.90. The largest absolute Gasteiger partial charge is 0.396 e. The highest BCUT2D eigenvalue weighted by atomic mass is 32.2. The van der Waals surface area contributed by atoms with Crippen LogP contribution in [0.25, 0.3) is 0 Å². The van der Waals surface area contributed by atoms with Crippen molar-refractivity contribution in [1.82, 2.24) is 20.2 Å². The summed E-state index contributed by atoms with van der Waals surface area (Å²) in [5.41, 5.74) is 0. The SMILES string of the molecule is Cn1nnc(CSCCCO)n1. The summed E-state index contributed by atoms with van der Waals surface area (Å²) in [4.78, 5) is 1.45. The molecule has 1 heterocycles. The third kappa shape index (κ3) is 3.19. The molecule has 68 valence electrons. The minimum absolute atomic E-state index is 0.251. The van der Waals surface area contributed by atoms with Crippen LogP contribution in [-0.2, 0) is 12.8 Å². The molecule has 0 amide bonds. The van der Waals surface area contributed by atoms with E-state index in [0.29, 0.717) is 0 Å². The molecule has 0 saturated heterocycles. The van der Waals surface area contributed by atoms with Gasteiger partial charge in [-0.05, 0) is 17.4 Å². The van der Waals surface area contributed by atoms with Gasteiger partial charge in [-0.15, -0.1) is 10.2 Å². The topological polar surface area (TPSA) is 63.8 Å². The van der Waals surface area contributed by atoms with E-state index in [9.17, 15) is 0 Å². The van der Waals surface area contributed by atoms with Gasteiger partial charge in [0.2, 0.25) is 0 Å². The van der Waals surface area contributed by atoms with Gasteiger partial charge in [0.1, 0.15) is 0 Å². The Kier molecular flexibility index (Phi) is 4.02. The first-order chi connectivity index (χ1) is 5.83. The first kappa shape index (κ1) is 9.47. The van der Waals surface area contributed by atoms with E-state index in [2.05, 4.69) is 15.4 Å². The van der Waals surface area contributed by atoms with Crippen LogP contribution in [0.1, 0.15) is 12.2 Å². The van der Waals surface area contributed by atoms with E-state index >= 15 is 0 Å². The molecule has 6 heteroatoms. The van der Waals surface area contributed by atoms with Crippen molar-refractivity contribution in [1.29, 1.82) is 0 Å². The second-order valence-corrected chi connectivity index (χ2v) is 3.43. The summed E-state index contributed by atoms with van der Waals surface area (Å²) in [6, 6.07) is 0. The summed E-state index contributed by atoms with van der Waals surface area (Å²) in [5, 5.41) is 20.1. The number of tetrazole rings is 1. The van der Waals surface area contributed by atoms with Gasteiger partial charge in [-0.1, -0.05) is 0 Å². The van der Waals surface area contributed by atoms with E-state index in [4.69, 9.17) is 5.11 Å². The summed E-state index contributed by atoms with van der Waals surface area (Å²) in [5.74, 6) is 2.46. The zero-order chi connectivity index (χ0) is 8.81. The fourth-order valence-corrected chi connectivity index (χ4v) is 1.49. The lowest BCUT2D eigenvalue weighted by Crippen LogP contribution is -1.93. The third-order valence-corrected chi connectivity index (χ3v) is 2.27. The van der Waals surface area contributed by atoms with Crippen LogP contribution in [0.2, 0.25) is 0 Å². The average Bonchev–Trinajstić information content (AvgIpc) is 2.45. The molecule has 5 nitrogen and oxygen atoms in total. The maximum Gasteiger partial charge on any atom is 0.184 e. The van der Waals surface area contributed by atoms with Crippen molar-refractivity contribution in [2.45, 2.75) is 12.2 Å². The molecule has 1 aromatic rings. The van der Waals surface area contributed by atoms with E-state index < -0.39 is 0 Å². The molecule has 12 heavy (non-hydrogen) atoms. The number of aliphatic hydroxyl groups excluding tert-OH is 1. The fourth-order valence-electron chi connectivity index (χ4n) is 0.711. The first-order valence-electron chi connectivity index (χ1n) is 3.74. The summed E-state index contributed by atoms with van der Waals surface area (Å²) < 4.78 is 0. The Morgan fingerprint density at radius 2 is 2.42 bits per heavy atom. The van der Waals surface area contributed by atoms with Crippen LogP contribution < -0.4 is 0 Å². The van der Waals surface area contributed by atoms with Gasteiger partial charge in [-0.3, -0.25) is 0 Å². The lowest BCUT2D eigenvalue weighted by atomic mass is 10.5. The van der Waals surface area contributed by atoms with E-state index in [1.807, 2.05) is 0 Å². The molecule has 0 aliphatic heterocycles. The van der Waals surface area contributed by atoms with Crippen LogP contribution in [0.4, 0.5) is 0 Å². The van der Waals surface area contributed by atoms with Crippen LogP contribution in [0.5, 0.6) is 0 Å². The Balaban J connectivity index is 2.15. The molecule has 0 unspecified atom stereocenters. The third-order valence-electron chi connectivity index (χ3n) is 1.23. The van der Waals surface area contributed by atoms with Gasteiger partial charge in [0.05, 0.1) is 12.8 Å². The van der Waals surface area contributed by atoms with E-state index in [0.717, 1.165) is 23.8 Å². The number of nitrogens with zero attached hydrogens (tertiary/aromatic N) is 4. The maximum absolute atomic E-state index is 8.51. The summed E-state index contributed by atoms with van der Waals surface area (Å²) in [6.45, 7) is 0.251. The quantitative estimate of drug-likeness (QED) is 0.650. The predicted molar refractivity (Wildman–Crippen MR) is 46.7 cm³/mol. The van der Waals surface area contributed by atoms with Crippen molar-refractivity contribution >= 4 is 11.8 Å². The second-order valence-electron chi connectivity index (χ2n) is 2.32. The number of hydrogen-bond donors (Lipinski definition) is 1. The molecular weight excluding hydrogens is 176 g/mol. The zero-order valence-corrected chi connectivity index (χ0v) is 7.79. The molecule has 1 rings (SSSR count). The highest BCUT2D eigenvalue weighted by Crippen LogP contribution is 2.07. The van der Waals surface area contributed by atoms with Crippen molar-refractivity contribution in [3.05, 3.63) is 5.82 Å². The molecule has 0 aliphatic rings. The Morgan fingerprint density at radius 1 is 1.58 bits per heavy atom. The van der Waals surface area contributed by atoms with Gasteiger partial charge in [0, 0.05) is 6.61 Å². The molecule has 0 fully saturated rings. The Morgan fingerprint density at radius 3 is 3.00 bits per heavy atom. The highest BCUT2D eigenvalue weighted by Gasteiger charge is 1.98. The number of aromatic nitrogens is 4. The standard InChI is InChI=1S/C6H12N4OS/c1-10-8-6(7-9-10)5-12-4-2-3-11/h11H,2-5H2,1H3. The number of aryl methyl sites for hydroxylation is 1. The van der Waals surface area contributed by atoms with Crippen molar-refractivity contribution in [3.63, 3.8) is 0 Å². The van der Waals surface area contributed by atoms with Crippen LogP contribution in [0.3, 0.4) is 0 Å². The molecule has 0 spiro atoms. The molecule has 0 saturated carbocycles. The maximum atomic E-state index is 8.51. The van der Waals surface area contributed by atoms with Gasteiger partial charge in [-0.25, -0.2) is 0 Å². The van der Waals surface area contributed by atoms with Crippen LogP contribution in [-0.4, -0.2) is 37.7 Å². The monoisotopic (exact) mass is 188 g/mol. The molecular formula is C6H12N4OS. The highest BCUT2D eigenvalue weighted by molar-refractivity contribution is 7.98. The van der Waals surface area contributed by atoms with Gasteiger partial charge < -0.3 is 5.11 Å². The number of rotatable bonds is 5. The van der Waals surface area contributed by atoms with Crippen molar-refractivity contribution in [2.24, 2.45) is 7.05 Å². The van der Waals surface area contributed by atoms with Crippen molar-refractivity contribution < 1.29 is 5.11 Å². The smallest absolute Gasteiger partial charge is 0.184 e. The number of thioether (sulfide) groups is 1. The van der Waals surface area contributed by atoms with E-state index in [-0.39, 0.29) is 6.61 Å². The Labute approximate surface area is 75.2 Å². The molecule has 1 N–H and O–H groups in total. The summed E-state index contributed by atoms with van der Waals surface area (Å²) >= 11 is 1.71. The van der Waals surface area contributed by atoms with Gasteiger partial charge in [-0.2, -0.15) is 16.6 Å². The summed E-state index contributed by atoms with van der Waals surface area (Å²) in [6.07, 6.45) is 0.824. The van der Waals surface area contributed by atoms with Crippen LogP contribution >= 0.6 is 11.8 Å². The zero-order valence-electron chi connectivity index (χ0n) is 6.97. The van der Waals surface area contributed by atoms with Gasteiger partial charge in [0.25, 0.3) is 0 Å². The van der Waals surface area contributed by atoms with Crippen molar-refractivity contribution in [3.8, 4) is 0 Å². The lowest BCUT2D eigenvalue weighted by molar-refractivity contribution is 0.296. The molecule has 1 aromatic heterocycles.